The molecule has 0 saturated carbocycles. The molecule has 0 atom stereocenters. The molecule has 0 fully saturated rings. The van der Waals surface area contributed by atoms with Crippen LogP contribution < -0.4 is 5.32 Å². The van der Waals surface area contributed by atoms with Crippen molar-refractivity contribution in [1.29, 1.82) is 0 Å². The predicted octanol–water partition coefficient (Wildman–Crippen LogP) is 3.10. The Bertz CT molecular complexity index is 624. The lowest BCUT2D eigenvalue weighted by molar-refractivity contribution is 0.102. The van der Waals surface area contributed by atoms with Gasteiger partial charge >= 0.3 is 0 Å². The molecule has 106 valence electrons. The third-order valence-corrected chi connectivity index (χ3v) is 3.42. The first kappa shape index (κ1) is 14.3. The van der Waals surface area contributed by atoms with Crippen LogP contribution in [0.3, 0.4) is 0 Å². The van der Waals surface area contributed by atoms with Gasteiger partial charge < -0.3 is 10.2 Å². The fourth-order valence-electron chi connectivity index (χ4n) is 1.57. The van der Waals surface area contributed by atoms with Crippen molar-refractivity contribution >= 4 is 22.4 Å². The Kier molecular flexibility index (Phi) is 3.67. The quantitative estimate of drug-likeness (QED) is 0.794. The summed E-state index contributed by atoms with van der Waals surface area (Å²) < 4.78 is 0. The average Bonchev–Trinajstić information content (AvgIpc) is 2.75. The zero-order valence-corrected chi connectivity index (χ0v) is 12.3. The van der Waals surface area contributed by atoms with E-state index in [-0.39, 0.29) is 22.5 Å². The average molecular weight is 292 g/mol. The van der Waals surface area contributed by atoms with E-state index in [0.717, 1.165) is 11.8 Å². The second kappa shape index (κ2) is 5.13. The third-order valence-electron chi connectivity index (χ3n) is 2.66. The minimum Gasteiger partial charge on any atom is -0.508 e. The standard InChI is InChI=1S/C14H16N2O3S/c1-14(2,3)11-7-20-13(15-11)16-12(19)8-4-9(17)6-10(18)5-8/h4-7,17-18H,1-3H3,(H,15,16,19). The molecule has 0 unspecified atom stereocenters. The molecule has 1 aromatic carbocycles. The van der Waals surface area contributed by atoms with Crippen molar-refractivity contribution in [1.82, 2.24) is 4.98 Å². The fraction of sp³-hybridized carbons (Fsp3) is 0.286. The third kappa shape index (κ3) is 3.27. The van der Waals surface area contributed by atoms with E-state index < -0.39 is 5.91 Å². The molecule has 0 aliphatic heterocycles. The maximum absolute atomic E-state index is 12.0. The molecule has 0 bridgehead atoms. The summed E-state index contributed by atoms with van der Waals surface area (Å²) in [7, 11) is 0. The van der Waals surface area contributed by atoms with Crippen molar-refractivity contribution in [3.63, 3.8) is 0 Å². The highest BCUT2D eigenvalue weighted by atomic mass is 32.1. The minimum atomic E-state index is -0.425. The maximum Gasteiger partial charge on any atom is 0.257 e. The molecule has 1 amide bonds. The van der Waals surface area contributed by atoms with Crippen LogP contribution in [-0.2, 0) is 5.41 Å². The Morgan fingerprint density at radius 2 is 1.80 bits per heavy atom. The number of anilines is 1. The van der Waals surface area contributed by atoms with Gasteiger partial charge in [-0.25, -0.2) is 4.98 Å². The molecule has 2 rings (SSSR count). The normalized spacial score (nSPS) is 11.3. The highest BCUT2D eigenvalue weighted by molar-refractivity contribution is 7.14. The van der Waals surface area contributed by atoms with Crippen LogP contribution in [0.15, 0.2) is 23.6 Å². The highest BCUT2D eigenvalue weighted by Gasteiger charge is 2.18. The monoisotopic (exact) mass is 292 g/mol. The van der Waals surface area contributed by atoms with Crippen LogP contribution in [0.4, 0.5) is 5.13 Å². The lowest BCUT2D eigenvalue weighted by atomic mass is 9.93. The van der Waals surface area contributed by atoms with Gasteiger partial charge in [0.25, 0.3) is 5.91 Å². The number of amides is 1. The number of nitrogens with one attached hydrogen (secondary N) is 1. The smallest absolute Gasteiger partial charge is 0.257 e. The van der Waals surface area contributed by atoms with E-state index in [2.05, 4.69) is 10.3 Å². The predicted molar refractivity (Wildman–Crippen MR) is 78.5 cm³/mol. The number of hydrogen-bond donors (Lipinski definition) is 3. The summed E-state index contributed by atoms with van der Waals surface area (Å²) in [4.78, 5) is 16.4. The van der Waals surface area contributed by atoms with Crippen molar-refractivity contribution < 1.29 is 15.0 Å². The number of aromatic nitrogens is 1. The molecule has 0 aliphatic carbocycles. The number of carbonyl (C=O) groups is 1. The van der Waals surface area contributed by atoms with Gasteiger partial charge in [-0.05, 0) is 12.1 Å². The van der Waals surface area contributed by atoms with Crippen molar-refractivity contribution in [2.75, 3.05) is 5.32 Å². The van der Waals surface area contributed by atoms with Gasteiger partial charge in [0, 0.05) is 22.4 Å². The number of hydrogen-bond acceptors (Lipinski definition) is 5. The summed E-state index contributed by atoms with van der Waals surface area (Å²) >= 11 is 1.34. The summed E-state index contributed by atoms with van der Waals surface area (Å²) in [6.07, 6.45) is 0. The highest BCUT2D eigenvalue weighted by Crippen LogP contribution is 2.27. The topological polar surface area (TPSA) is 82.5 Å². The molecule has 1 aromatic heterocycles. The number of aromatic hydroxyl groups is 2. The van der Waals surface area contributed by atoms with Crippen LogP contribution in [0.5, 0.6) is 11.5 Å². The molecule has 6 heteroatoms. The Morgan fingerprint density at radius 1 is 1.20 bits per heavy atom. The SMILES string of the molecule is CC(C)(C)c1csc(NC(=O)c2cc(O)cc(O)c2)n1. The maximum atomic E-state index is 12.0. The second-order valence-corrected chi connectivity index (χ2v) is 6.34. The Morgan fingerprint density at radius 3 is 2.30 bits per heavy atom. The molecule has 1 heterocycles. The number of benzene rings is 1. The van der Waals surface area contributed by atoms with Gasteiger partial charge in [-0.15, -0.1) is 11.3 Å². The molecule has 3 N–H and O–H groups in total. The zero-order valence-electron chi connectivity index (χ0n) is 11.5. The summed E-state index contributed by atoms with van der Waals surface area (Å²) in [5.41, 5.74) is 0.995. The molecular formula is C14H16N2O3S. The van der Waals surface area contributed by atoms with Gasteiger partial charge in [-0.3, -0.25) is 10.1 Å². The molecule has 0 aliphatic rings. The van der Waals surface area contributed by atoms with E-state index in [4.69, 9.17) is 0 Å². The first-order valence-electron chi connectivity index (χ1n) is 6.06. The van der Waals surface area contributed by atoms with E-state index in [1.165, 1.54) is 23.5 Å². The molecule has 0 saturated heterocycles. The number of rotatable bonds is 2. The number of thiazole rings is 1. The van der Waals surface area contributed by atoms with Gasteiger partial charge in [-0.2, -0.15) is 0 Å². The van der Waals surface area contributed by atoms with Crippen LogP contribution in [0.25, 0.3) is 0 Å². The molecule has 2 aromatic rings. The number of carbonyl (C=O) groups excluding carboxylic acids is 1. The van der Waals surface area contributed by atoms with Crippen LogP contribution in [-0.4, -0.2) is 21.1 Å². The molecule has 0 spiro atoms. The fourth-order valence-corrected chi connectivity index (χ4v) is 2.50. The molecular weight excluding hydrogens is 276 g/mol. The Hall–Kier alpha value is -2.08. The lowest BCUT2D eigenvalue weighted by Crippen LogP contribution is -2.14. The first-order valence-corrected chi connectivity index (χ1v) is 6.94. The van der Waals surface area contributed by atoms with Crippen LogP contribution in [0.2, 0.25) is 0 Å². The summed E-state index contributed by atoms with van der Waals surface area (Å²) in [6.45, 7) is 6.13. The first-order chi connectivity index (χ1) is 9.25. The van der Waals surface area contributed by atoms with E-state index in [9.17, 15) is 15.0 Å². The lowest BCUT2D eigenvalue weighted by Gasteiger charge is -2.14. The van der Waals surface area contributed by atoms with E-state index >= 15 is 0 Å². The largest absolute Gasteiger partial charge is 0.508 e. The van der Waals surface area contributed by atoms with Gasteiger partial charge in [0.15, 0.2) is 5.13 Å². The number of phenols is 2. The second-order valence-electron chi connectivity index (χ2n) is 5.48. The van der Waals surface area contributed by atoms with Gasteiger partial charge in [0.05, 0.1) is 5.69 Å². The summed E-state index contributed by atoms with van der Waals surface area (Å²) in [5.74, 6) is -0.750. The zero-order chi connectivity index (χ0) is 14.9. The van der Waals surface area contributed by atoms with Crippen molar-refractivity contribution in [2.24, 2.45) is 0 Å². The van der Waals surface area contributed by atoms with Crippen molar-refractivity contribution in [3.05, 3.63) is 34.8 Å². The Labute approximate surface area is 120 Å². The van der Waals surface area contributed by atoms with Crippen LogP contribution in [0.1, 0.15) is 36.8 Å². The summed E-state index contributed by atoms with van der Waals surface area (Å²) in [5, 5.41) is 23.8. The van der Waals surface area contributed by atoms with Crippen molar-refractivity contribution in [3.8, 4) is 11.5 Å². The summed E-state index contributed by atoms with van der Waals surface area (Å²) in [6, 6.07) is 3.73. The van der Waals surface area contributed by atoms with Gasteiger partial charge in [0.2, 0.25) is 0 Å². The van der Waals surface area contributed by atoms with Crippen molar-refractivity contribution in [2.45, 2.75) is 26.2 Å². The van der Waals surface area contributed by atoms with E-state index in [1.807, 2.05) is 26.2 Å². The van der Waals surface area contributed by atoms with E-state index in [1.54, 1.807) is 0 Å². The molecule has 5 nitrogen and oxygen atoms in total. The van der Waals surface area contributed by atoms with Gasteiger partial charge in [-0.1, -0.05) is 20.8 Å². The molecule has 0 radical (unpaired) electrons. The number of nitrogens with zero attached hydrogens (tertiary/aromatic N) is 1. The van der Waals surface area contributed by atoms with E-state index in [0.29, 0.717) is 5.13 Å². The van der Waals surface area contributed by atoms with Gasteiger partial charge in [0.1, 0.15) is 11.5 Å². The molecule has 20 heavy (non-hydrogen) atoms. The minimum absolute atomic E-state index is 0.0806. The number of phenolic OH excluding ortho intramolecular Hbond substituents is 2. The van der Waals surface area contributed by atoms with Crippen LogP contribution in [0, 0.1) is 0 Å². The Balaban J connectivity index is 2.17. The van der Waals surface area contributed by atoms with Crippen LogP contribution >= 0.6 is 11.3 Å².